The fourth-order valence-corrected chi connectivity index (χ4v) is 2.03. The maximum absolute atomic E-state index is 9.03. The molecular weight excluding hydrogens is 273 g/mol. The Bertz CT molecular complexity index is 654. The fourth-order valence-electron chi connectivity index (χ4n) is 2.03. The second-order valence-corrected chi connectivity index (χ2v) is 5.32. The lowest BCUT2D eigenvalue weighted by Crippen LogP contribution is -2.29. The molecule has 0 aliphatic carbocycles. The van der Waals surface area contributed by atoms with Gasteiger partial charge in [0.15, 0.2) is 0 Å². The summed E-state index contributed by atoms with van der Waals surface area (Å²) < 4.78 is 0. The molecule has 0 amide bonds. The molecule has 22 heavy (non-hydrogen) atoms. The van der Waals surface area contributed by atoms with Crippen molar-refractivity contribution >= 4 is 24.3 Å². The molecule has 0 bridgehead atoms. The molecule has 0 saturated carbocycles. The molecule has 2 N–H and O–H groups in total. The van der Waals surface area contributed by atoms with Gasteiger partial charge in [0.25, 0.3) is 0 Å². The van der Waals surface area contributed by atoms with Crippen molar-refractivity contribution in [1.29, 1.82) is 0 Å². The molecule has 0 radical (unpaired) electrons. The van der Waals surface area contributed by atoms with Crippen LogP contribution in [0.2, 0.25) is 0 Å². The standard InChI is InChI=1S/C18H20BNO2/c1-20(2)18-13-9-16(10-14-18)6-4-3-5-15-7-11-17(12-8-15)19(21)22/h4-5,7-14,21-22H,6H2,1-2H3. The topological polar surface area (TPSA) is 43.7 Å². The summed E-state index contributed by atoms with van der Waals surface area (Å²) in [6.45, 7) is 0. The highest BCUT2D eigenvalue weighted by Crippen LogP contribution is 2.12. The van der Waals surface area contributed by atoms with Crippen molar-refractivity contribution in [2.75, 3.05) is 19.0 Å². The van der Waals surface area contributed by atoms with Gasteiger partial charge < -0.3 is 14.9 Å². The van der Waals surface area contributed by atoms with Gasteiger partial charge in [0, 0.05) is 19.8 Å². The number of hydrogen-bond donors (Lipinski definition) is 2. The van der Waals surface area contributed by atoms with E-state index in [1.165, 1.54) is 11.3 Å². The zero-order valence-corrected chi connectivity index (χ0v) is 12.9. The molecule has 0 heterocycles. The molecule has 4 heteroatoms. The molecule has 0 aliphatic rings. The van der Waals surface area contributed by atoms with E-state index in [4.69, 9.17) is 10.0 Å². The summed E-state index contributed by atoms with van der Waals surface area (Å²) in [5, 5.41) is 18.1. The monoisotopic (exact) mass is 293 g/mol. The molecular formula is C18H20BNO2. The van der Waals surface area contributed by atoms with Crippen molar-refractivity contribution in [2.24, 2.45) is 0 Å². The van der Waals surface area contributed by atoms with Crippen LogP contribution in [0.25, 0.3) is 6.08 Å². The summed E-state index contributed by atoms with van der Waals surface area (Å²) in [6.07, 6.45) is 4.69. The van der Waals surface area contributed by atoms with Crippen molar-refractivity contribution < 1.29 is 10.0 Å². The van der Waals surface area contributed by atoms with Gasteiger partial charge in [-0.15, -0.1) is 5.73 Å². The average molecular weight is 293 g/mol. The molecule has 0 atom stereocenters. The molecule has 0 aliphatic heterocycles. The Morgan fingerprint density at radius 1 is 1.00 bits per heavy atom. The summed E-state index contributed by atoms with van der Waals surface area (Å²) >= 11 is 0. The van der Waals surface area contributed by atoms with E-state index < -0.39 is 7.12 Å². The van der Waals surface area contributed by atoms with Crippen LogP contribution < -0.4 is 10.4 Å². The minimum absolute atomic E-state index is 0.488. The fraction of sp³-hybridized carbons (Fsp3) is 0.167. The largest absolute Gasteiger partial charge is 0.488 e. The van der Waals surface area contributed by atoms with E-state index >= 15 is 0 Å². The van der Waals surface area contributed by atoms with E-state index in [1.807, 2.05) is 38.4 Å². The summed E-state index contributed by atoms with van der Waals surface area (Å²) in [5.41, 5.74) is 7.04. The van der Waals surface area contributed by atoms with Crippen molar-refractivity contribution in [1.82, 2.24) is 0 Å². The summed E-state index contributed by atoms with van der Waals surface area (Å²) in [4.78, 5) is 2.08. The van der Waals surface area contributed by atoms with Crippen LogP contribution in [0.3, 0.4) is 0 Å². The van der Waals surface area contributed by atoms with Crippen LogP contribution in [0, 0.1) is 0 Å². The van der Waals surface area contributed by atoms with Gasteiger partial charge in [0.2, 0.25) is 0 Å². The van der Waals surface area contributed by atoms with Gasteiger partial charge in [0.1, 0.15) is 0 Å². The minimum Gasteiger partial charge on any atom is -0.423 e. The lowest BCUT2D eigenvalue weighted by molar-refractivity contribution is 0.426. The predicted octanol–water partition coefficient (Wildman–Crippen LogP) is 1.84. The van der Waals surface area contributed by atoms with Crippen LogP contribution >= 0.6 is 0 Å². The number of hydrogen-bond acceptors (Lipinski definition) is 3. The minimum atomic E-state index is -1.42. The van der Waals surface area contributed by atoms with E-state index in [0.29, 0.717) is 5.46 Å². The molecule has 0 unspecified atom stereocenters. The first kappa shape index (κ1) is 16.1. The second-order valence-electron chi connectivity index (χ2n) is 5.32. The third-order valence-corrected chi connectivity index (χ3v) is 3.39. The Labute approximate surface area is 132 Å². The Kier molecular flexibility index (Phi) is 5.62. The van der Waals surface area contributed by atoms with Crippen molar-refractivity contribution in [3.63, 3.8) is 0 Å². The predicted molar refractivity (Wildman–Crippen MR) is 93.3 cm³/mol. The molecule has 0 aromatic heterocycles. The van der Waals surface area contributed by atoms with Crippen LogP contribution in [0.1, 0.15) is 11.1 Å². The van der Waals surface area contributed by atoms with Crippen molar-refractivity contribution in [2.45, 2.75) is 6.42 Å². The molecule has 0 saturated heterocycles. The van der Waals surface area contributed by atoms with Gasteiger partial charge in [-0.1, -0.05) is 36.4 Å². The zero-order valence-electron chi connectivity index (χ0n) is 12.9. The highest BCUT2D eigenvalue weighted by atomic mass is 16.4. The van der Waals surface area contributed by atoms with Gasteiger partial charge in [0.05, 0.1) is 0 Å². The van der Waals surface area contributed by atoms with Gasteiger partial charge >= 0.3 is 7.12 Å². The van der Waals surface area contributed by atoms with Crippen molar-refractivity contribution in [3.8, 4) is 0 Å². The van der Waals surface area contributed by atoms with E-state index in [-0.39, 0.29) is 0 Å². The molecule has 2 aromatic carbocycles. The first-order valence-corrected chi connectivity index (χ1v) is 7.19. The number of benzene rings is 2. The average Bonchev–Trinajstić information content (AvgIpc) is 2.52. The van der Waals surface area contributed by atoms with Crippen LogP contribution in [0.4, 0.5) is 5.69 Å². The third kappa shape index (κ3) is 4.64. The van der Waals surface area contributed by atoms with Crippen LogP contribution in [-0.2, 0) is 6.42 Å². The lowest BCUT2D eigenvalue weighted by atomic mass is 9.80. The Morgan fingerprint density at radius 2 is 1.64 bits per heavy atom. The van der Waals surface area contributed by atoms with Crippen LogP contribution in [0.5, 0.6) is 0 Å². The summed E-state index contributed by atoms with van der Waals surface area (Å²) in [5.74, 6) is 0. The molecule has 0 fully saturated rings. The maximum Gasteiger partial charge on any atom is 0.488 e. The van der Waals surface area contributed by atoms with Gasteiger partial charge in [-0.3, -0.25) is 0 Å². The Hall–Kier alpha value is -2.26. The first-order valence-electron chi connectivity index (χ1n) is 7.19. The number of allylic oxidation sites excluding steroid dienone is 1. The molecule has 2 rings (SSSR count). The smallest absolute Gasteiger partial charge is 0.423 e. The van der Waals surface area contributed by atoms with Gasteiger partial charge in [-0.2, -0.15) is 0 Å². The second kappa shape index (κ2) is 7.67. The zero-order chi connectivity index (χ0) is 15.9. The quantitative estimate of drug-likeness (QED) is 0.653. The van der Waals surface area contributed by atoms with Gasteiger partial charge in [-0.05, 0) is 47.3 Å². The van der Waals surface area contributed by atoms with E-state index in [0.717, 1.165) is 12.0 Å². The number of rotatable bonds is 5. The maximum atomic E-state index is 9.03. The van der Waals surface area contributed by atoms with Crippen LogP contribution in [0.15, 0.2) is 60.3 Å². The Balaban J connectivity index is 1.96. The molecule has 112 valence electrons. The number of anilines is 1. The Morgan fingerprint density at radius 3 is 2.18 bits per heavy atom. The normalized spacial score (nSPS) is 9.82. The summed E-state index contributed by atoms with van der Waals surface area (Å²) in [6, 6.07) is 15.5. The molecule has 0 spiro atoms. The van der Waals surface area contributed by atoms with E-state index in [9.17, 15) is 0 Å². The highest BCUT2D eigenvalue weighted by Gasteiger charge is 2.08. The van der Waals surface area contributed by atoms with Crippen molar-refractivity contribution in [3.05, 3.63) is 71.5 Å². The molecule has 2 aromatic rings. The SMILES string of the molecule is CN(C)c1ccc(CC=C=Cc2ccc(B(O)O)cc2)cc1. The highest BCUT2D eigenvalue weighted by molar-refractivity contribution is 6.58. The van der Waals surface area contributed by atoms with E-state index in [2.05, 4.69) is 34.9 Å². The van der Waals surface area contributed by atoms with Crippen LogP contribution in [-0.4, -0.2) is 31.3 Å². The van der Waals surface area contributed by atoms with E-state index in [1.54, 1.807) is 12.1 Å². The lowest BCUT2D eigenvalue weighted by Gasteiger charge is -2.12. The molecule has 3 nitrogen and oxygen atoms in total. The van der Waals surface area contributed by atoms with Gasteiger partial charge in [-0.25, -0.2) is 0 Å². The summed E-state index contributed by atoms with van der Waals surface area (Å²) in [7, 11) is 2.64. The number of nitrogens with zero attached hydrogens (tertiary/aromatic N) is 1. The third-order valence-electron chi connectivity index (χ3n) is 3.39. The first-order chi connectivity index (χ1) is 10.6.